The van der Waals surface area contributed by atoms with Crippen molar-refractivity contribution in [3.8, 4) is 5.75 Å². The summed E-state index contributed by atoms with van der Waals surface area (Å²) in [5.41, 5.74) is 1.20. The molecule has 0 spiro atoms. The van der Waals surface area contributed by atoms with Crippen molar-refractivity contribution < 1.29 is 9.53 Å². The summed E-state index contributed by atoms with van der Waals surface area (Å²) in [4.78, 5) is 10.6. The van der Waals surface area contributed by atoms with Crippen molar-refractivity contribution in [3.05, 3.63) is 41.7 Å². The van der Waals surface area contributed by atoms with Crippen LogP contribution in [0, 0.1) is 6.92 Å². The third-order valence-electron chi connectivity index (χ3n) is 2.66. The molecule has 1 heterocycles. The second-order valence-electron chi connectivity index (χ2n) is 3.92. The van der Waals surface area contributed by atoms with E-state index in [9.17, 15) is 4.79 Å². The molecule has 0 saturated carbocycles. The molecule has 5 nitrogen and oxygen atoms in total. The molecule has 0 atom stereocenters. The van der Waals surface area contributed by atoms with E-state index in [0.29, 0.717) is 18.8 Å². The molecule has 1 aromatic carbocycles. The van der Waals surface area contributed by atoms with Gasteiger partial charge in [-0.05, 0) is 19.1 Å². The van der Waals surface area contributed by atoms with Crippen LogP contribution in [-0.2, 0) is 6.54 Å². The van der Waals surface area contributed by atoms with Crippen molar-refractivity contribution in [2.45, 2.75) is 19.9 Å². The zero-order chi connectivity index (χ0) is 12.8. The lowest BCUT2D eigenvalue weighted by molar-refractivity contribution is 0.111. The summed E-state index contributed by atoms with van der Waals surface area (Å²) in [6.07, 6.45) is 1.54. The molecule has 0 amide bonds. The highest BCUT2D eigenvalue weighted by atomic mass is 16.5. The molecule has 0 radical (unpaired) electrons. The van der Waals surface area contributed by atoms with Gasteiger partial charge in [-0.25, -0.2) is 4.68 Å². The summed E-state index contributed by atoms with van der Waals surface area (Å²) in [7, 11) is 0. The molecule has 0 fully saturated rings. The zero-order valence-electron chi connectivity index (χ0n) is 10.2. The fourth-order valence-electron chi connectivity index (χ4n) is 1.62. The summed E-state index contributed by atoms with van der Waals surface area (Å²) in [6.45, 7) is 3.14. The van der Waals surface area contributed by atoms with Crippen LogP contribution >= 0.6 is 0 Å². The number of benzene rings is 1. The molecule has 2 rings (SSSR count). The quantitative estimate of drug-likeness (QED) is 0.576. The number of ether oxygens (including phenoxy) is 1. The molecule has 0 aliphatic rings. The lowest BCUT2D eigenvalue weighted by Crippen LogP contribution is -2.07. The van der Waals surface area contributed by atoms with Gasteiger partial charge in [-0.2, -0.15) is 0 Å². The summed E-state index contributed by atoms with van der Waals surface area (Å²) in [5.74, 6) is 0.862. The van der Waals surface area contributed by atoms with Crippen molar-refractivity contribution in [1.82, 2.24) is 15.0 Å². The molecule has 0 aliphatic heterocycles. The van der Waals surface area contributed by atoms with Crippen molar-refractivity contribution in [2.24, 2.45) is 0 Å². The third-order valence-corrected chi connectivity index (χ3v) is 2.66. The van der Waals surface area contributed by atoms with Crippen LogP contribution in [0.3, 0.4) is 0 Å². The van der Waals surface area contributed by atoms with E-state index in [2.05, 4.69) is 10.3 Å². The number of para-hydroxylation sites is 1. The molecule has 0 bridgehead atoms. The Labute approximate surface area is 105 Å². The molecule has 18 heavy (non-hydrogen) atoms. The Kier molecular flexibility index (Phi) is 4.06. The second-order valence-corrected chi connectivity index (χ2v) is 3.92. The highest BCUT2D eigenvalue weighted by Crippen LogP contribution is 2.09. The summed E-state index contributed by atoms with van der Waals surface area (Å²) in [6, 6.07) is 9.67. The predicted molar refractivity (Wildman–Crippen MR) is 66.7 cm³/mol. The van der Waals surface area contributed by atoms with Crippen LogP contribution in [-0.4, -0.2) is 27.9 Å². The van der Waals surface area contributed by atoms with Gasteiger partial charge in [0.15, 0.2) is 6.29 Å². The number of rotatable bonds is 6. The van der Waals surface area contributed by atoms with Crippen LogP contribution in [0.15, 0.2) is 30.3 Å². The smallest absolute Gasteiger partial charge is 0.172 e. The van der Waals surface area contributed by atoms with Gasteiger partial charge in [0.05, 0.1) is 12.3 Å². The fraction of sp³-hybridized carbons (Fsp3) is 0.308. The molecule has 1 aromatic heterocycles. The topological polar surface area (TPSA) is 57.0 Å². The number of hydrogen-bond donors (Lipinski definition) is 0. The first-order chi connectivity index (χ1) is 8.81. The maximum absolute atomic E-state index is 10.6. The molecular weight excluding hydrogens is 230 g/mol. The van der Waals surface area contributed by atoms with Gasteiger partial charge in [0, 0.05) is 13.0 Å². The molecule has 2 aromatic rings. The Bertz CT molecular complexity index is 508. The average molecular weight is 245 g/mol. The van der Waals surface area contributed by atoms with Crippen molar-refractivity contribution >= 4 is 6.29 Å². The lowest BCUT2D eigenvalue weighted by atomic mass is 10.3. The number of hydrogen-bond acceptors (Lipinski definition) is 4. The highest BCUT2D eigenvalue weighted by Gasteiger charge is 2.06. The maximum atomic E-state index is 10.6. The first-order valence-corrected chi connectivity index (χ1v) is 5.84. The van der Waals surface area contributed by atoms with Gasteiger partial charge in [0.2, 0.25) is 0 Å². The molecule has 0 aliphatic carbocycles. The monoisotopic (exact) mass is 245 g/mol. The van der Waals surface area contributed by atoms with Crippen LogP contribution in [0.4, 0.5) is 0 Å². The number of aryl methyl sites for hydroxylation is 1. The molecule has 5 heteroatoms. The Balaban J connectivity index is 1.78. The van der Waals surface area contributed by atoms with E-state index < -0.39 is 0 Å². The zero-order valence-corrected chi connectivity index (χ0v) is 10.2. The number of carbonyl (C=O) groups is 1. The van der Waals surface area contributed by atoms with Crippen LogP contribution < -0.4 is 4.74 Å². The van der Waals surface area contributed by atoms with Gasteiger partial charge in [0.1, 0.15) is 11.4 Å². The van der Waals surface area contributed by atoms with E-state index >= 15 is 0 Å². The summed E-state index contributed by atoms with van der Waals surface area (Å²) in [5, 5.41) is 7.69. The molecule has 0 N–H and O–H groups in total. The van der Waals surface area contributed by atoms with E-state index in [1.165, 1.54) is 0 Å². The summed E-state index contributed by atoms with van der Waals surface area (Å²) >= 11 is 0. The predicted octanol–water partition coefficient (Wildman–Crippen LogP) is 1.87. The standard InChI is InChI=1S/C13H15N3O2/c1-11-13(10-17)14-15-16(11)8-5-9-18-12-6-3-2-4-7-12/h2-4,6-7,10H,5,8-9H2,1H3. The van der Waals surface area contributed by atoms with Gasteiger partial charge >= 0.3 is 0 Å². The Morgan fingerprint density at radius 1 is 1.33 bits per heavy atom. The van der Waals surface area contributed by atoms with E-state index in [1.54, 1.807) is 4.68 Å². The first-order valence-electron chi connectivity index (χ1n) is 5.84. The number of aromatic nitrogens is 3. The van der Waals surface area contributed by atoms with Gasteiger partial charge in [-0.15, -0.1) is 5.10 Å². The molecule has 94 valence electrons. The van der Waals surface area contributed by atoms with Crippen molar-refractivity contribution in [2.75, 3.05) is 6.61 Å². The van der Waals surface area contributed by atoms with Crippen LogP contribution in [0.25, 0.3) is 0 Å². The van der Waals surface area contributed by atoms with Crippen molar-refractivity contribution in [3.63, 3.8) is 0 Å². The minimum Gasteiger partial charge on any atom is -0.494 e. The van der Waals surface area contributed by atoms with Crippen molar-refractivity contribution in [1.29, 1.82) is 0 Å². The third kappa shape index (κ3) is 2.94. The summed E-state index contributed by atoms with van der Waals surface area (Å²) < 4.78 is 7.29. The van der Waals surface area contributed by atoms with Crippen LogP contribution in [0.5, 0.6) is 5.75 Å². The minimum absolute atomic E-state index is 0.402. The van der Waals surface area contributed by atoms with Crippen LogP contribution in [0.2, 0.25) is 0 Å². The van der Waals surface area contributed by atoms with Gasteiger partial charge < -0.3 is 4.74 Å². The van der Waals surface area contributed by atoms with Gasteiger partial charge in [-0.1, -0.05) is 23.4 Å². The van der Waals surface area contributed by atoms with E-state index in [1.807, 2.05) is 37.3 Å². The maximum Gasteiger partial charge on any atom is 0.172 e. The number of carbonyl (C=O) groups excluding carboxylic acids is 1. The normalized spacial score (nSPS) is 10.3. The second kappa shape index (κ2) is 5.95. The first kappa shape index (κ1) is 12.3. The number of aldehydes is 1. The van der Waals surface area contributed by atoms with Gasteiger partial charge in [0.25, 0.3) is 0 Å². The SMILES string of the molecule is Cc1c(C=O)nnn1CCCOc1ccccc1. The molecular formula is C13H15N3O2. The highest BCUT2D eigenvalue weighted by molar-refractivity contribution is 5.72. The Morgan fingerprint density at radius 3 is 2.78 bits per heavy atom. The van der Waals surface area contributed by atoms with E-state index in [4.69, 9.17) is 4.74 Å². The van der Waals surface area contributed by atoms with E-state index in [-0.39, 0.29) is 0 Å². The Morgan fingerprint density at radius 2 is 2.11 bits per heavy atom. The average Bonchev–Trinajstić information content (AvgIpc) is 2.77. The fourth-order valence-corrected chi connectivity index (χ4v) is 1.62. The lowest BCUT2D eigenvalue weighted by Gasteiger charge is -2.06. The number of nitrogens with zero attached hydrogens (tertiary/aromatic N) is 3. The molecule has 0 saturated heterocycles. The minimum atomic E-state index is 0.402. The Hall–Kier alpha value is -2.17. The largest absolute Gasteiger partial charge is 0.494 e. The van der Waals surface area contributed by atoms with E-state index in [0.717, 1.165) is 24.2 Å². The molecule has 0 unspecified atom stereocenters. The van der Waals surface area contributed by atoms with Crippen LogP contribution in [0.1, 0.15) is 22.6 Å². The van der Waals surface area contributed by atoms with Gasteiger partial charge in [-0.3, -0.25) is 4.79 Å².